The van der Waals surface area contributed by atoms with Crippen LogP contribution in [-0.4, -0.2) is 43.4 Å². The molecule has 4 aromatic rings. The Morgan fingerprint density at radius 1 is 1.10 bits per heavy atom. The number of anilines is 1. The SMILES string of the molecule is CCOC(=O)c1c[nH]c2ncnc(-c3cccc(NC(=O)c4c[nH]c(=O)[nH]c4=O)c3)c12. The molecule has 0 spiro atoms. The number of fused-ring (bicyclic) bond motifs is 1. The highest BCUT2D eigenvalue weighted by molar-refractivity contribution is 6.08. The van der Waals surface area contributed by atoms with Crippen LogP contribution >= 0.6 is 0 Å². The molecular weight excluding hydrogens is 404 g/mol. The van der Waals surface area contributed by atoms with Crippen molar-refractivity contribution in [2.24, 2.45) is 0 Å². The van der Waals surface area contributed by atoms with Crippen molar-refractivity contribution < 1.29 is 14.3 Å². The number of carbonyl (C=O) groups is 2. The largest absolute Gasteiger partial charge is 0.462 e. The van der Waals surface area contributed by atoms with Crippen LogP contribution < -0.4 is 16.6 Å². The number of aromatic amines is 3. The van der Waals surface area contributed by atoms with Gasteiger partial charge in [-0.1, -0.05) is 12.1 Å². The van der Waals surface area contributed by atoms with Gasteiger partial charge >= 0.3 is 11.7 Å². The number of H-pyrrole nitrogens is 3. The van der Waals surface area contributed by atoms with Crippen LogP contribution in [0.15, 0.2) is 52.6 Å². The molecule has 0 saturated carbocycles. The number of hydrogen-bond donors (Lipinski definition) is 4. The van der Waals surface area contributed by atoms with Crippen LogP contribution in [0.2, 0.25) is 0 Å². The van der Waals surface area contributed by atoms with E-state index in [0.29, 0.717) is 33.5 Å². The molecule has 4 N–H and O–H groups in total. The van der Waals surface area contributed by atoms with Gasteiger partial charge in [-0.25, -0.2) is 19.6 Å². The smallest absolute Gasteiger partial charge is 0.340 e. The Bertz CT molecular complexity index is 1420. The molecule has 0 saturated heterocycles. The average Bonchev–Trinajstić information content (AvgIpc) is 3.18. The van der Waals surface area contributed by atoms with E-state index in [1.54, 1.807) is 31.2 Å². The van der Waals surface area contributed by atoms with E-state index < -0.39 is 23.1 Å². The summed E-state index contributed by atoms with van der Waals surface area (Å²) in [6.07, 6.45) is 3.91. The van der Waals surface area contributed by atoms with Crippen LogP contribution in [0.4, 0.5) is 5.69 Å². The molecule has 0 bridgehead atoms. The predicted octanol–water partition coefficient (Wildman–Crippen LogP) is 1.43. The van der Waals surface area contributed by atoms with E-state index in [1.165, 1.54) is 12.5 Å². The molecule has 156 valence electrons. The summed E-state index contributed by atoms with van der Waals surface area (Å²) in [5, 5.41) is 3.09. The topological polar surface area (TPSA) is 163 Å². The standard InChI is InChI=1S/C20H16N6O5/c1-2-31-19(29)12-7-21-16-14(12)15(23-9-24-16)10-4-3-5-11(6-10)25-17(27)13-8-22-20(30)26-18(13)28/h3-9H,2H2,1H3,(H,25,27)(H,21,23,24)(H2,22,26,28,30). The number of nitrogens with one attached hydrogen (secondary N) is 4. The zero-order valence-corrected chi connectivity index (χ0v) is 16.2. The van der Waals surface area contributed by atoms with Gasteiger partial charge in [0, 0.05) is 23.6 Å². The highest BCUT2D eigenvalue weighted by atomic mass is 16.5. The minimum Gasteiger partial charge on any atom is -0.462 e. The van der Waals surface area contributed by atoms with Crippen LogP contribution in [0.5, 0.6) is 0 Å². The number of carbonyl (C=O) groups excluding carboxylic acids is 2. The Labute approximate surface area is 173 Å². The number of benzene rings is 1. The van der Waals surface area contributed by atoms with E-state index in [-0.39, 0.29) is 12.2 Å². The van der Waals surface area contributed by atoms with Crippen LogP contribution in [0.1, 0.15) is 27.6 Å². The number of nitrogens with zero attached hydrogens (tertiary/aromatic N) is 2. The number of rotatable bonds is 5. The fraction of sp³-hybridized carbons (Fsp3) is 0.100. The second-order valence-corrected chi connectivity index (χ2v) is 6.39. The first-order valence-electron chi connectivity index (χ1n) is 9.21. The van der Waals surface area contributed by atoms with Gasteiger partial charge in [-0.15, -0.1) is 0 Å². The third-order valence-corrected chi connectivity index (χ3v) is 4.42. The molecule has 1 aromatic carbocycles. The van der Waals surface area contributed by atoms with E-state index in [9.17, 15) is 19.2 Å². The lowest BCUT2D eigenvalue weighted by atomic mass is 10.1. The molecule has 0 aliphatic carbocycles. The van der Waals surface area contributed by atoms with Gasteiger partial charge in [0.25, 0.3) is 11.5 Å². The fourth-order valence-electron chi connectivity index (χ4n) is 3.07. The van der Waals surface area contributed by atoms with E-state index >= 15 is 0 Å². The van der Waals surface area contributed by atoms with Crippen molar-refractivity contribution in [2.75, 3.05) is 11.9 Å². The molecule has 11 heteroatoms. The lowest BCUT2D eigenvalue weighted by Gasteiger charge is -2.08. The summed E-state index contributed by atoms with van der Waals surface area (Å²) in [6.45, 7) is 1.93. The van der Waals surface area contributed by atoms with Crippen molar-refractivity contribution in [3.8, 4) is 11.3 Å². The van der Waals surface area contributed by atoms with Gasteiger partial charge in [0.1, 0.15) is 17.5 Å². The number of ether oxygens (including phenoxy) is 1. The summed E-state index contributed by atoms with van der Waals surface area (Å²) in [4.78, 5) is 63.3. The molecule has 11 nitrogen and oxygen atoms in total. The van der Waals surface area contributed by atoms with Crippen LogP contribution in [0.3, 0.4) is 0 Å². The van der Waals surface area contributed by atoms with Crippen LogP contribution in [0.25, 0.3) is 22.3 Å². The quantitative estimate of drug-likeness (QED) is 0.355. The molecule has 0 unspecified atom stereocenters. The Morgan fingerprint density at radius 2 is 1.90 bits per heavy atom. The molecule has 0 aliphatic rings. The summed E-state index contributed by atoms with van der Waals surface area (Å²) in [6, 6.07) is 6.71. The maximum absolute atomic E-state index is 12.4. The number of esters is 1. The Hall–Kier alpha value is -4.54. The van der Waals surface area contributed by atoms with Gasteiger partial charge in [0.15, 0.2) is 0 Å². The normalized spacial score (nSPS) is 10.7. The Morgan fingerprint density at radius 3 is 2.68 bits per heavy atom. The third kappa shape index (κ3) is 3.83. The second kappa shape index (κ2) is 8.06. The van der Waals surface area contributed by atoms with Crippen molar-refractivity contribution in [3.63, 3.8) is 0 Å². The van der Waals surface area contributed by atoms with Gasteiger partial charge in [0.2, 0.25) is 0 Å². The van der Waals surface area contributed by atoms with Crippen molar-refractivity contribution >= 4 is 28.6 Å². The highest BCUT2D eigenvalue weighted by Crippen LogP contribution is 2.30. The Kier molecular flexibility index (Phi) is 5.14. The lowest BCUT2D eigenvalue weighted by Crippen LogP contribution is -2.29. The fourth-order valence-corrected chi connectivity index (χ4v) is 3.07. The Balaban J connectivity index is 1.72. The predicted molar refractivity (Wildman–Crippen MR) is 111 cm³/mol. The third-order valence-electron chi connectivity index (χ3n) is 4.42. The number of amides is 1. The summed E-state index contributed by atoms with van der Waals surface area (Å²) in [7, 11) is 0. The number of aromatic nitrogens is 5. The minimum atomic E-state index is -0.804. The lowest BCUT2D eigenvalue weighted by molar-refractivity contribution is 0.0528. The molecule has 31 heavy (non-hydrogen) atoms. The maximum Gasteiger partial charge on any atom is 0.340 e. The van der Waals surface area contributed by atoms with Crippen molar-refractivity contribution in [2.45, 2.75) is 6.92 Å². The molecule has 0 fully saturated rings. The molecule has 3 heterocycles. The molecule has 4 rings (SSSR count). The van der Waals surface area contributed by atoms with Gasteiger partial charge < -0.3 is 20.0 Å². The summed E-state index contributed by atoms with van der Waals surface area (Å²) in [5.41, 5.74) is 0.446. The van der Waals surface area contributed by atoms with Gasteiger partial charge in [-0.05, 0) is 19.1 Å². The van der Waals surface area contributed by atoms with Crippen molar-refractivity contribution in [1.82, 2.24) is 24.9 Å². The first-order chi connectivity index (χ1) is 15.0. The summed E-state index contributed by atoms with van der Waals surface area (Å²) in [5.74, 6) is -1.21. The van der Waals surface area contributed by atoms with Crippen LogP contribution in [0, 0.1) is 0 Å². The van der Waals surface area contributed by atoms with Gasteiger partial charge in [0.05, 0.1) is 23.3 Å². The number of hydrogen-bond acceptors (Lipinski definition) is 7. The molecular formula is C20H16N6O5. The highest BCUT2D eigenvalue weighted by Gasteiger charge is 2.19. The zero-order chi connectivity index (χ0) is 22.0. The van der Waals surface area contributed by atoms with E-state index in [0.717, 1.165) is 6.20 Å². The summed E-state index contributed by atoms with van der Waals surface area (Å²) < 4.78 is 5.10. The van der Waals surface area contributed by atoms with E-state index in [1.807, 2.05) is 4.98 Å². The van der Waals surface area contributed by atoms with Gasteiger partial charge in [-0.3, -0.25) is 14.6 Å². The maximum atomic E-state index is 12.4. The second-order valence-electron chi connectivity index (χ2n) is 6.39. The van der Waals surface area contributed by atoms with Crippen LogP contribution in [-0.2, 0) is 4.74 Å². The molecule has 0 aliphatic heterocycles. The zero-order valence-electron chi connectivity index (χ0n) is 16.2. The molecule has 0 radical (unpaired) electrons. The van der Waals surface area contributed by atoms with E-state index in [4.69, 9.17) is 4.74 Å². The minimum absolute atomic E-state index is 0.222. The monoisotopic (exact) mass is 420 g/mol. The van der Waals surface area contributed by atoms with Gasteiger partial charge in [-0.2, -0.15) is 0 Å². The molecule has 0 atom stereocenters. The van der Waals surface area contributed by atoms with E-state index in [2.05, 4.69) is 25.3 Å². The first-order valence-corrected chi connectivity index (χ1v) is 9.21. The summed E-state index contributed by atoms with van der Waals surface area (Å²) >= 11 is 0. The molecule has 3 aromatic heterocycles. The average molecular weight is 420 g/mol. The van der Waals surface area contributed by atoms with Crippen molar-refractivity contribution in [1.29, 1.82) is 0 Å². The first kappa shape index (κ1) is 19.8. The molecule has 1 amide bonds. The van der Waals surface area contributed by atoms with Crippen molar-refractivity contribution in [3.05, 3.63) is 75.0 Å².